The number of carbonyl (C=O) groups is 2. The van der Waals surface area contributed by atoms with Crippen molar-refractivity contribution in [1.82, 2.24) is 4.90 Å². The first-order valence-corrected chi connectivity index (χ1v) is 10.0. The number of carboxylic acid groups (broad SMARTS) is 1. The van der Waals surface area contributed by atoms with E-state index in [1.165, 1.54) is 0 Å². The average Bonchev–Trinajstić information content (AvgIpc) is 2.81. The Morgan fingerprint density at radius 1 is 1.07 bits per heavy atom. The van der Waals surface area contributed by atoms with Crippen molar-refractivity contribution in [2.24, 2.45) is 5.92 Å². The summed E-state index contributed by atoms with van der Waals surface area (Å²) in [6.07, 6.45) is 0.897. The van der Waals surface area contributed by atoms with Gasteiger partial charge in [-0.2, -0.15) is 0 Å². The van der Waals surface area contributed by atoms with Crippen LogP contribution in [0.15, 0.2) is 30.3 Å². The van der Waals surface area contributed by atoms with Crippen LogP contribution in [0.2, 0.25) is 0 Å². The van der Waals surface area contributed by atoms with Crippen LogP contribution in [-0.2, 0) is 4.79 Å². The van der Waals surface area contributed by atoms with Gasteiger partial charge in [-0.05, 0) is 30.5 Å². The normalized spacial score (nSPS) is 17.6. The molecule has 6 heteroatoms. The van der Waals surface area contributed by atoms with E-state index in [2.05, 4.69) is 36.9 Å². The van der Waals surface area contributed by atoms with Crippen molar-refractivity contribution >= 4 is 34.0 Å². The van der Waals surface area contributed by atoms with Gasteiger partial charge in [0.25, 0.3) is 5.91 Å². The Hall–Kier alpha value is -2.60. The lowest BCUT2D eigenvalue weighted by molar-refractivity contribution is -0.306. The third kappa shape index (κ3) is 3.33. The summed E-state index contributed by atoms with van der Waals surface area (Å²) in [5.41, 5.74) is 2.90. The van der Waals surface area contributed by atoms with Crippen molar-refractivity contribution in [3.8, 4) is 0 Å². The van der Waals surface area contributed by atoms with Gasteiger partial charge >= 0.3 is 0 Å². The monoisotopic (exact) mass is 380 g/mol. The van der Waals surface area contributed by atoms with Crippen LogP contribution in [0.1, 0.15) is 30.6 Å². The molecule has 4 rings (SSSR count). The predicted octanol–water partition coefficient (Wildman–Crippen LogP) is 1.72. The van der Waals surface area contributed by atoms with E-state index in [1.54, 1.807) is 0 Å². The third-order valence-corrected chi connectivity index (χ3v) is 5.59. The molecule has 2 aromatic carbocycles. The molecule has 0 aliphatic carbocycles. The SMILES string of the molecule is CC(C)CN1C(=O)c2cccc3c(N4CCCN(CC(=O)[O-])CC4)ccc1c23. The van der Waals surface area contributed by atoms with E-state index < -0.39 is 5.97 Å². The molecule has 0 bridgehead atoms. The number of hydrogen-bond donors (Lipinski definition) is 0. The van der Waals surface area contributed by atoms with Crippen LogP contribution >= 0.6 is 0 Å². The molecule has 2 aromatic rings. The maximum atomic E-state index is 12.9. The van der Waals surface area contributed by atoms with E-state index in [-0.39, 0.29) is 12.5 Å². The Morgan fingerprint density at radius 3 is 2.61 bits per heavy atom. The summed E-state index contributed by atoms with van der Waals surface area (Å²) < 4.78 is 0. The minimum atomic E-state index is -1.03. The first-order valence-electron chi connectivity index (χ1n) is 10.0. The van der Waals surface area contributed by atoms with Crippen molar-refractivity contribution in [3.63, 3.8) is 0 Å². The molecule has 1 saturated heterocycles. The van der Waals surface area contributed by atoms with E-state index in [0.29, 0.717) is 19.0 Å². The Balaban J connectivity index is 1.68. The second-order valence-electron chi connectivity index (χ2n) is 8.13. The lowest BCUT2D eigenvalue weighted by Gasteiger charge is -2.26. The van der Waals surface area contributed by atoms with Gasteiger partial charge in [0.2, 0.25) is 0 Å². The van der Waals surface area contributed by atoms with Gasteiger partial charge in [-0.1, -0.05) is 26.0 Å². The number of amides is 1. The molecule has 6 nitrogen and oxygen atoms in total. The largest absolute Gasteiger partial charge is 0.549 e. The maximum absolute atomic E-state index is 12.9. The van der Waals surface area contributed by atoms with E-state index in [0.717, 1.165) is 53.8 Å². The molecule has 28 heavy (non-hydrogen) atoms. The highest BCUT2D eigenvalue weighted by Crippen LogP contribution is 2.42. The number of carbonyl (C=O) groups excluding carboxylic acids is 2. The fourth-order valence-corrected chi connectivity index (χ4v) is 4.41. The summed E-state index contributed by atoms with van der Waals surface area (Å²) in [4.78, 5) is 30.0. The summed E-state index contributed by atoms with van der Waals surface area (Å²) in [5.74, 6) is -0.543. The Bertz CT molecular complexity index is 925. The summed E-state index contributed by atoms with van der Waals surface area (Å²) in [5, 5.41) is 13.1. The van der Waals surface area contributed by atoms with Crippen LogP contribution in [0.25, 0.3) is 10.8 Å². The molecular weight excluding hydrogens is 354 g/mol. The van der Waals surface area contributed by atoms with Gasteiger partial charge in [-0.15, -0.1) is 0 Å². The van der Waals surface area contributed by atoms with Crippen molar-refractivity contribution in [3.05, 3.63) is 35.9 Å². The molecule has 2 heterocycles. The van der Waals surface area contributed by atoms with Crippen molar-refractivity contribution in [2.45, 2.75) is 20.3 Å². The summed E-state index contributed by atoms with van der Waals surface area (Å²) in [6, 6.07) is 10.2. The number of hydrogen-bond acceptors (Lipinski definition) is 5. The van der Waals surface area contributed by atoms with Gasteiger partial charge in [-0.3, -0.25) is 9.69 Å². The fraction of sp³-hybridized carbons (Fsp3) is 0.455. The van der Waals surface area contributed by atoms with Crippen LogP contribution in [-0.4, -0.2) is 56.0 Å². The van der Waals surface area contributed by atoms with Gasteiger partial charge < -0.3 is 19.7 Å². The number of nitrogens with zero attached hydrogens (tertiary/aromatic N) is 3. The molecule has 0 spiro atoms. The molecule has 0 aromatic heterocycles. The Labute approximate surface area is 165 Å². The smallest absolute Gasteiger partial charge is 0.259 e. The minimum Gasteiger partial charge on any atom is -0.549 e. The molecule has 0 unspecified atom stereocenters. The van der Waals surface area contributed by atoms with E-state index in [9.17, 15) is 14.7 Å². The molecule has 1 fully saturated rings. The standard InChI is InChI=1S/C22H27N3O3/c1-15(2)13-25-19-8-7-18(16-5-3-6-17(21(16)19)22(25)28)24-10-4-9-23(11-12-24)14-20(26)27/h3,5-8,15H,4,9-14H2,1-2H3,(H,26,27)/p-1. The molecular formula is C22H26N3O3-. The van der Waals surface area contributed by atoms with Crippen molar-refractivity contribution < 1.29 is 14.7 Å². The van der Waals surface area contributed by atoms with Gasteiger partial charge in [0, 0.05) is 61.3 Å². The van der Waals surface area contributed by atoms with Gasteiger partial charge in [0.15, 0.2) is 0 Å². The maximum Gasteiger partial charge on any atom is 0.259 e. The van der Waals surface area contributed by atoms with Crippen molar-refractivity contribution in [2.75, 3.05) is 49.1 Å². The Kier molecular flexibility index (Phi) is 4.98. The number of aliphatic carboxylic acids is 1. The first kappa shape index (κ1) is 18.7. The highest BCUT2D eigenvalue weighted by atomic mass is 16.4. The van der Waals surface area contributed by atoms with E-state index >= 15 is 0 Å². The summed E-state index contributed by atoms with van der Waals surface area (Å²) >= 11 is 0. The Morgan fingerprint density at radius 2 is 1.86 bits per heavy atom. The van der Waals surface area contributed by atoms with Crippen molar-refractivity contribution in [1.29, 1.82) is 0 Å². The molecule has 0 radical (unpaired) electrons. The average molecular weight is 380 g/mol. The molecule has 0 atom stereocenters. The lowest BCUT2D eigenvalue weighted by Crippen LogP contribution is -2.40. The zero-order valence-electron chi connectivity index (χ0n) is 16.5. The zero-order valence-corrected chi connectivity index (χ0v) is 16.5. The van der Waals surface area contributed by atoms with Crippen LogP contribution in [0.5, 0.6) is 0 Å². The minimum absolute atomic E-state index is 0.0175. The van der Waals surface area contributed by atoms with Gasteiger partial charge in [0.1, 0.15) is 0 Å². The summed E-state index contributed by atoms with van der Waals surface area (Å²) in [7, 11) is 0. The van der Waals surface area contributed by atoms with E-state index in [1.807, 2.05) is 21.9 Å². The molecule has 148 valence electrons. The quantitative estimate of drug-likeness (QED) is 0.790. The second kappa shape index (κ2) is 7.43. The second-order valence-corrected chi connectivity index (χ2v) is 8.13. The zero-order chi connectivity index (χ0) is 19.8. The number of rotatable bonds is 5. The van der Waals surface area contributed by atoms with Crippen LogP contribution < -0.4 is 14.9 Å². The summed E-state index contributed by atoms with van der Waals surface area (Å²) in [6.45, 7) is 8.01. The lowest BCUT2D eigenvalue weighted by atomic mass is 10.0. The van der Waals surface area contributed by atoms with E-state index in [4.69, 9.17) is 0 Å². The van der Waals surface area contributed by atoms with Gasteiger partial charge in [0.05, 0.1) is 11.7 Å². The molecule has 0 N–H and O–H groups in total. The number of benzene rings is 2. The third-order valence-electron chi connectivity index (χ3n) is 5.59. The number of anilines is 2. The van der Waals surface area contributed by atoms with Crippen LogP contribution in [0, 0.1) is 5.92 Å². The highest BCUT2D eigenvalue weighted by molar-refractivity contribution is 6.26. The first-order chi connectivity index (χ1) is 13.5. The highest BCUT2D eigenvalue weighted by Gasteiger charge is 2.31. The number of carboxylic acids is 1. The molecule has 2 aliphatic rings. The fourth-order valence-electron chi connectivity index (χ4n) is 4.41. The topological polar surface area (TPSA) is 66.9 Å². The van der Waals surface area contributed by atoms with Gasteiger partial charge in [-0.25, -0.2) is 0 Å². The predicted molar refractivity (Wildman–Crippen MR) is 109 cm³/mol. The van der Waals surface area contributed by atoms with Crippen LogP contribution in [0.3, 0.4) is 0 Å². The molecule has 0 saturated carbocycles. The van der Waals surface area contributed by atoms with Crippen LogP contribution in [0.4, 0.5) is 11.4 Å². The molecule has 2 aliphatic heterocycles. The molecule has 1 amide bonds.